The highest BCUT2D eigenvalue weighted by Crippen LogP contribution is 2.26. The van der Waals surface area contributed by atoms with Crippen molar-refractivity contribution in [1.29, 1.82) is 0 Å². The molecule has 0 spiro atoms. The van der Waals surface area contributed by atoms with Gasteiger partial charge in [-0.1, -0.05) is 19.3 Å². The molecule has 9 heteroatoms. The predicted molar refractivity (Wildman–Crippen MR) is 129 cm³/mol. The summed E-state index contributed by atoms with van der Waals surface area (Å²) in [6.45, 7) is 4.19. The lowest BCUT2D eigenvalue weighted by Gasteiger charge is -2.26. The zero-order valence-corrected chi connectivity index (χ0v) is 19.9. The number of amides is 2. The molecule has 1 atom stereocenters. The summed E-state index contributed by atoms with van der Waals surface area (Å²) >= 11 is 0. The Labute approximate surface area is 195 Å². The molecule has 1 saturated heterocycles. The molecule has 1 aromatic heterocycles. The number of hydrogen-bond acceptors (Lipinski definition) is 4. The van der Waals surface area contributed by atoms with Crippen molar-refractivity contribution in [2.75, 3.05) is 31.5 Å². The maximum atomic E-state index is 12.7. The average molecular weight is 528 g/mol. The molecular formula is C21H33IN6O2. The van der Waals surface area contributed by atoms with Crippen LogP contribution in [0.25, 0.3) is 0 Å². The molecule has 2 aliphatic rings. The quantitative estimate of drug-likeness (QED) is 0.299. The van der Waals surface area contributed by atoms with Crippen LogP contribution in [0.1, 0.15) is 45.4 Å². The minimum atomic E-state index is -0.198. The summed E-state index contributed by atoms with van der Waals surface area (Å²) in [5, 5.41) is 9.33. The Morgan fingerprint density at radius 2 is 2.03 bits per heavy atom. The Morgan fingerprint density at radius 3 is 2.73 bits per heavy atom. The molecule has 1 unspecified atom stereocenters. The summed E-state index contributed by atoms with van der Waals surface area (Å²) in [7, 11) is 0. The molecule has 30 heavy (non-hydrogen) atoms. The number of hydrogen-bond donors (Lipinski definition) is 3. The van der Waals surface area contributed by atoms with E-state index in [-0.39, 0.29) is 48.4 Å². The van der Waals surface area contributed by atoms with Crippen molar-refractivity contribution >= 4 is 47.4 Å². The van der Waals surface area contributed by atoms with Crippen molar-refractivity contribution in [2.45, 2.75) is 51.5 Å². The van der Waals surface area contributed by atoms with E-state index in [1.807, 2.05) is 11.8 Å². The second kappa shape index (κ2) is 12.7. The summed E-state index contributed by atoms with van der Waals surface area (Å²) in [6, 6.07) is 3.71. The van der Waals surface area contributed by atoms with Crippen molar-refractivity contribution in [2.24, 2.45) is 10.9 Å². The summed E-state index contributed by atoms with van der Waals surface area (Å²) in [5.74, 6) is 0.925. The van der Waals surface area contributed by atoms with E-state index in [1.54, 1.807) is 24.5 Å². The predicted octanol–water partition coefficient (Wildman–Crippen LogP) is 2.37. The molecule has 1 aromatic rings. The Morgan fingerprint density at radius 1 is 1.23 bits per heavy atom. The van der Waals surface area contributed by atoms with Crippen LogP contribution in [-0.2, 0) is 9.59 Å². The normalized spacial score (nSPS) is 19.7. The van der Waals surface area contributed by atoms with Crippen molar-refractivity contribution < 1.29 is 9.59 Å². The number of pyridine rings is 1. The first kappa shape index (κ1) is 24.4. The number of carbonyl (C=O) groups excluding carboxylic acids is 2. The molecule has 1 aliphatic heterocycles. The van der Waals surface area contributed by atoms with E-state index in [9.17, 15) is 9.59 Å². The first-order chi connectivity index (χ1) is 14.2. The topological polar surface area (TPSA) is 98.7 Å². The van der Waals surface area contributed by atoms with E-state index in [4.69, 9.17) is 0 Å². The van der Waals surface area contributed by atoms with Crippen LogP contribution < -0.4 is 16.0 Å². The Kier molecular flexibility index (Phi) is 10.3. The van der Waals surface area contributed by atoms with E-state index < -0.39 is 0 Å². The van der Waals surface area contributed by atoms with Gasteiger partial charge in [-0.05, 0) is 38.3 Å². The molecule has 0 radical (unpaired) electrons. The SMILES string of the molecule is CCNC(=NCC(=O)Nc1cccnc1)NC1CCN(C(=O)C2CCCCC2)C1.I. The third kappa shape index (κ3) is 7.41. The van der Waals surface area contributed by atoms with Gasteiger partial charge in [-0.3, -0.25) is 14.6 Å². The van der Waals surface area contributed by atoms with Gasteiger partial charge in [0.15, 0.2) is 5.96 Å². The highest BCUT2D eigenvalue weighted by Gasteiger charge is 2.31. The molecular weight excluding hydrogens is 495 g/mol. The zero-order chi connectivity index (χ0) is 20.5. The second-order valence-electron chi connectivity index (χ2n) is 7.73. The third-order valence-corrected chi connectivity index (χ3v) is 5.47. The van der Waals surface area contributed by atoms with E-state index in [1.165, 1.54) is 19.3 Å². The van der Waals surface area contributed by atoms with Crippen molar-refractivity contribution in [3.63, 3.8) is 0 Å². The number of likely N-dealkylation sites (tertiary alicyclic amines) is 1. The summed E-state index contributed by atoms with van der Waals surface area (Å²) in [4.78, 5) is 35.2. The van der Waals surface area contributed by atoms with Crippen LogP contribution >= 0.6 is 24.0 Å². The minimum Gasteiger partial charge on any atom is -0.357 e. The van der Waals surface area contributed by atoms with Gasteiger partial charge in [0.1, 0.15) is 6.54 Å². The fourth-order valence-corrected chi connectivity index (χ4v) is 3.99. The van der Waals surface area contributed by atoms with Gasteiger partial charge < -0.3 is 20.9 Å². The molecule has 2 fully saturated rings. The number of guanidine groups is 1. The summed E-state index contributed by atoms with van der Waals surface area (Å²) < 4.78 is 0. The van der Waals surface area contributed by atoms with E-state index in [0.29, 0.717) is 30.6 Å². The molecule has 2 heterocycles. The van der Waals surface area contributed by atoms with Gasteiger partial charge in [-0.15, -0.1) is 24.0 Å². The molecule has 2 amide bonds. The number of aliphatic imine (C=N–C) groups is 1. The van der Waals surface area contributed by atoms with Crippen LogP contribution in [0, 0.1) is 5.92 Å². The summed E-state index contributed by atoms with van der Waals surface area (Å²) in [5.41, 5.74) is 0.651. The lowest BCUT2D eigenvalue weighted by Crippen LogP contribution is -2.46. The number of rotatable bonds is 6. The second-order valence-corrected chi connectivity index (χ2v) is 7.73. The third-order valence-electron chi connectivity index (χ3n) is 5.47. The van der Waals surface area contributed by atoms with Crippen LogP contribution in [0.5, 0.6) is 0 Å². The van der Waals surface area contributed by atoms with E-state index >= 15 is 0 Å². The highest BCUT2D eigenvalue weighted by atomic mass is 127. The van der Waals surface area contributed by atoms with E-state index in [0.717, 1.165) is 25.8 Å². The molecule has 3 N–H and O–H groups in total. The maximum absolute atomic E-state index is 12.7. The number of aromatic nitrogens is 1. The lowest BCUT2D eigenvalue weighted by atomic mass is 9.88. The van der Waals surface area contributed by atoms with Gasteiger partial charge in [0, 0.05) is 37.8 Å². The standard InChI is InChI=1S/C21H32N6O2.HI/c1-2-23-21(24-14-19(28)25-17-9-6-11-22-13-17)26-18-10-12-27(15-18)20(29)16-7-4-3-5-8-16;/h6,9,11,13,16,18H,2-5,7-8,10,12,14-15H2,1H3,(H,25,28)(H2,23,24,26);1H. The molecule has 166 valence electrons. The fraction of sp³-hybridized carbons (Fsp3) is 0.619. The largest absolute Gasteiger partial charge is 0.357 e. The van der Waals surface area contributed by atoms with Gasteiger partial charge in [0.2, 0.25) is 11.8 Å². The highest BCUT2D eigenvalue weighted by molar-refractivity contribution is 14.0. The van der Waals surface area contributed by atoms with Crippen LogP contribution in [0.2, 0.25) is 0 Å². The average Bonchev–Trinajstić information content (AvgIpc) is 3.21. The molecule has 3 rings (SSSR count). The Bertz CT molecular complexity index is 709. The van der Waals surface area contributed by atoms with Crippen LogP contribution in [0.3, 0.4) is 0 Å². The first-order valence-corrected chi connectivity index (χ1v) is 10.7. The van der Waals surface area contributed by atoms with Crippen molar-refractivity contribution in [3.05, 3.63) is 24.5 Å². The first-order valence-electron chi connectivity index (χ1n) is 10.7. The monoisotopic (exact) mass is 528 g/mol. The molecule has 1 aliphatic carbocycles. The molecule has 0 aromatic carbocycles. The van der Waals surface area contributed by atoms with Crippen molar-refractivity contribution in [3.8, 4) is 0 Å². The number of nitrogens with one attached hydrogen (secondary N) is 3. The fourth-order valence-electron chi connectivity index (χ4n) is 3.99. The van der Waals surface area contributed by atoms with Crippen LogP contribution in [-0.4, -0.2) is 59.9 Å². The van der Waals surface area contributed by atoms with Crippen molar-refractivity contribution in [1.82, 2.24) is 20.5 Å². The Balaban J connectivity index is 0.00000320. The molecule has 0 bridgehead atoms. The Hall–Kier alpha value is -1.91. The van der Waals surface area contributed by atoms with Crippen LogP contribution in [0.15, 0.2) is 29.5 Å². The number of carbonyl (C=O) groups is 2. The van der Waals surface area contributed by atoms with Gasteiger partial charge in [-0.25, -0.2) is 4.99 Å². The number of halogens is 1. The summed E-state index contributed by atoms with van der Waals surface area (Å²) in [6.07, 6.45) is 9.81. The van der Waals surface area contributed by atoms with Gasteiger partial charge in [-0.2, -0.15) is 0 Å². The van der Waals surface area contributed by atoms with Gasteiger partial charge >= 0.3 is 0 Å². The number of anilines is 1. The molecule has 1 saturated carbocycles. The smallest absolute Gasteiger partial charge is 0.246 e. The molecule has 8 nitrogen and oxygen atoms in total. The van der Waals surface area contributed by atoms with E-state index in [2.05, 4.69) is 25.9 Å². The van der Waals surface area contributed by atoms with Gasteiger partial charge in [0.25, 0.3) is 0 Å². The van der Waals surface area contributed by atoms with Gasteiger partial charge in [0.05, 0.1) is 11.9 Å². The lowest BCUT2D eigenvalue weighted by molar-refractivity contribution is -0.135. The zero-order valence-electron chi connectivity index (χ0n) is 17.6. The minimum absolute atomic E-state index is 0. The van der Waals surface area contributed by atoms with Crippen LogP contribution in [0.4, 0.5) is 5.69 Å². The maximum Gasteiger partial charge on any atom is 0.246 e. The number of nitrogens with zero attached hydrogens (tertiary/aromatic N) is 3.